The van der Waals surface area contributed by atoms with Crippen molar-refractivity contribution in [2.75, 3.05) is 6.54 Å². The third-order valence-electron chi connectivity index (χ3n) is 3.39. The van der Waals surface area contributed by atoms with Crippen molar-refractivity contribution in [1.29, 1.82) is 0 Å². The molecule has 1 unspecified atom stereocenters. The molecule has 84 valence electrons. The lowest BCUT2D eigenvalue weighted by Gasteiger charge is -2.20. The summed E-state index contributed by atoms with van der Waals surface area (Å²) in [6, 6.07) is 0.649. The largest absolute Gasteiger partial charge is 0.312 e. The Balaban J connectivity index is 1.64. The molecule has 1 aliphatic rings. The van der Waals surface area contributed by atoms with Crippen LogP contribution >= 0.6 is 0 Å². The van der Waals surface area contributed by atoms with Gasteiger partial charge in [0.15, 0.2) is 0 Å². The van der Waals surface area contributed by atoms with Crippen LogP contribution in [0, 0.1) is 5.92 Å². The minimum Gasteiger partial charge on any atom is -0.312 e. The third kappa shape index (κ3) is 3.02. The number of hydrogen-bond acceptors (Lipinski definition) is 3. The lowest BCUT2D eigenvalue weighted by Crippen LogP contribution is -2.34. The molecule has 0 radical (unpaired) electrons. The highest BCUT2D eigenvalue weighted by molar-refractivity contribution is 4.77. The van der Waals surface area contributed by atoms with Gasteiger partial charge in [-0.25, -0.2) is 0 Å². The molecule has 1 N–H and O–H groups in total. The molecule has 15 heavy (non-hydrogen) atoms. The quantitative estimate of drug-likeness (QED) is 0.796. The number of aromatic nitrogens is 3. The van der Waals surface area contributed by atoms with E-state index >= 15 is 0 Å². The second kappa shape index (κ2) is 5.26. The lowest BCUT2D eigenvalue weighted by molar-refractivity contribution is 0.371. The molecule has 0 aromatic carbocycles. The fraction of sp³-hybridized carbons (Fsp3) is 0.818. The van der Waals surface area contributed by atoms with Crippen molar-refractivity contribution in [2.45, 2.75) is 45.2 Å². The summed E-state index contributed by atoms with van der Waals surface area (Å²) in [5.74, 6) is 0.890. The highest BCUT2D eigenvalue weighted by Crippen LogP contribution is 2.27. The van der Waals surface area contributed by atoms with Gasteiger partial charge in [-0.1, -0.05) is 18.1 Å². The Kier molecular flexibility index (Phi) is 3.72. The molecule has 4 heteroatoms. The maximum atomic E-state index is 3.94. The molecule has 0 saturated heterocycles. The van der Waals surface area contributed by atoms with Gasteiger partial charge in [-0.2, -0.15) is 0 Å². The predicted molar refractivity (Wildman–Crippen MR) is 59.4 cm³/mol. The minimum atomic E-state index is 0.649. The van der Waals surface area contributed by atoms with E-state index in [2.05, 4.69) is 22.6 Å². The predicted octanol–water partition coefficient (Wildman–Crippen LogP) is 1.45. The van der Waals surface area contributed by atoms with Gasteiger partial charge in [-0.15, -0.1) is 5.10 Å². The lowest BCUT2D eigenvalue weighted by atomic mass is 10.00. The van der Waals surface area contributed by atoms with Gasteiger partial charge in [0.1, 0.15) is 0 Å². The Hall–Kier alpha value is -0.900. The van der Waals surface area contributed by atoms with Crippen LogP contribution in [0.25, 0.3) is 0 Å². The van der Waals surface area contributed by atoms with Gasteiger partial charge in [0, 0.05) is 18.8 Å². The van der Waals surface area contributed by atoms with Crippen molar-refractivity contribution >= 4 is 0 Å². The summed E-state index contributed by atoms with van der Waals surface area (Å²) < 4.78 is 1.87. The molecule has 1 aromatic heterocycles. The molecule has 0 spiro atoms. The normalized spacial score (nSPS) is 19.5. The van der Waals surface area contributed by atoms with Crippen LogP contribution in [0.2, 0.25) is 0 Å². The first-order valence-corrected chi connectivity index (χ1v) is 5.94. The molecule has 1 heterocycles. The van der Waals surface area contributed by atoms with E-state index in [4.69, 9.17) is 0 Å². The summed E-state index contributed by atoms with van der Waals surface area (Å²) in [6.45, 7) is 4.20. The van der Waals surface area contributed by atoms with Gasteiger partial charge >= 0.3 is 0 Å². The van der Waals surface area contributed by atoms with Gasteiger partial charge in [-0.3, -0.25) is 4.68 Å². The van der Waals surface area contributed by atoms with Crippen molar-refractivity contribution < 1.29 is 0 Å². The van der Waals surface area contributed by atoms with E-state index in [1.54, 1.807) is 6.20 Å². The van der Waals surface area contributed by atoms with E-state index in [9.17, 15) is 0 Å². The molecule has 1 saturated carbocycles. The molecule has 4 nitrogen and oxygen atoms in total. The average Bonchev–Trinajstić information content (AvgIpc) is 2.90. The Bertz CT molecular complexity index is 264. The minimum absolute atomic E-state index is 0.649. The summed E-state index contributed by atoms with van der Waals surface area (Å²) in [4.78, 5) is 0. The van der Waals surface area contributed by atoms with Crippen LogP contribution in [0.4, 0.5) is 0 Å². The van der Waals surface area contributed by atoms with Crippen molar-refractivity contribution in [3.63, 3.8) is 0 Å². The summed E-state index contributed by atoms with van der Waals surface area (Å²) >= 11 is 0. The maximum Gasteiger partial charge on any atom is 0.0692 e. The monoisotopic (exact) mass is 208 g/mol. The van der Waals surface area contributed by atoms with E-state index in [1.165, 1.54) is 25.7 Å². The van der Waals surface area contributed by atoms with Crippen molar-refractivity contribution in [2.24, 2.45) is 5.92 Å². The van der Waals surface area contributed by atoms with E-state index in [0.717, 1.165) is 19.0 Å². The second-order valence-electron chi connectivity index (χ2n) is 4.45. The SMILES string of the molecule is CC(NCCn1ccnn1)C1CCCC1. The molecule has 1 aliphatic carbocycles. The first kappa shape index (κ1) is 10.6. The number of rotatable bonds is 5. The van der Waals surface area contributed by atoms with Crippen LogP contribution < -0.4 is 5.32 Å². The summed E-state index contributed by atoms with van der Waals surface area (Å²) in [6.07, 6.45) is 9.26. The standard InChI is InChI=1S/C11H20N4/c1-10(11-4-2-3-5-11)12-6-8-15-9-7-13-14-15/h7,9-12H,2-6,8H2,1H3. The van der Waals surface area contributed by atoms with Crippen molar-refractivity contribution in [1.82, 2.24) is 20.3 Å². The summed E-state index contributed by atoms with van der Waals surface area (Å²) in [5.41, 5.74) is 0. The fourth-order valence-corrected chi connectivity index (χ4v) is 2.38. The number of nitrogens with zero attached hydrogens (tertiary/aromatic N) is 3. The molecule has 1 aromatic rings. The van der Waals surface area contributed by atoms with Crippen molar-refractivity contribution in [3.8, 4) is 0 Å². The smallest absolute Gasteiger partial charge is 0.0692 e. The Morgan fingerprint density at radius 3 is 2.93 bits per heavy atom. The molecule has 1 atom stereocenters. The van der Waals surface area contributed by atoms with Crippen LogP contribution in [-0.2, 0) is 6.54 Å². The van der Waals surface area contributed by atoms with E-state index < -0.39 is 0 Å². The first-order valence-electron chi connectivity index (χ1n) is 5.94. The van der Waals surface area contributed by atoms with Crippen LogP contribution in [0.15, 0.2) is 12.4 Å². The highest BCUT2D eigenvalue weighted by Gasteiger charge is 2.20. The molecule has 2 rings (SSSR count). The Morgan fingerprint density at radius 1 is 1.47 bits per heavy atom. The zero-order valence-corrected chi connectivity index (χ0v) is 9.39. The number of hydrogen-bond donors (Lipinski definition) is 1. The summed E-state index contributed by atoms with van der Waals surface area (Å²) in [7, 11) is 0. The van der Waals surface area contributed by atoms with E-state index in [1.807, 2.05) is 10.9 Å². The molecule has 0 amide bonds. The van der Waals surface area contributed by atoms with Gasteiger partial charge < -0.3 is 5.32 Å². The third-order valence-corrected chi connectivity index (χ3v) is 3.39. The molecule has 0 bridgehead atoms. The summed E-state index contributed by atoms with van der Waals surface area (Å²) in [5, 5.41) is 11.3. The number of nitrogens with one attached hydrogen (secondary N) is 1. The van der Waals surface area contributed by atoms with E-state index in [-0.39, 0.29) is 0 Å². The van der Waals surface area contributed by atoms with Gasteiger partial charge in [0.2, 0.25) is 0 Å². The van der Waals surface area contributed by atoms with Crippen LogP contribution in [0.3, 0.4) is 0 Å². The van der Waals surface area contributed by atoms with Crippen LogP contribution in [0.1, 0.15) is 32.6 Å². The van der Waals surface area contributed by atoms with Gasteiger partial charge in [0.05, 0.1) is 12.7 Å². The Morgan fingerprint density at radius 2 is 2.27 bits per heavy atom. The molecular formula is C11H20N4. The zero-order valence-electron chi connectivity index (χ0n) is 9.39. The van der Waals surface area contributed by atoms with Gasteiger partial charge in [-0.05, 0) is 25.7 Å². The molecular weight excluding hydrogens is 188 g/mol. The molecule has 0 aliphatic heterocycles. The van der Waals surface area contributed by atoms with E-state index in [0.29, 0.717) is 6.04 Å². The maximum absolute atomic E-state index is 3.94. The van der Waals surface area contributed by atoms with Gasteiger partial charge in [0.25, 0.3) is 0 Å². The topological polar surface area (TPSA) is 42.7 Å². The van der Waals surface area contributed by atoms with Crippen LogP contribution in [-0.4, -0.2) is 27.6 Å². The first-order chi connectivity index (χ1) is 7.36. The fourth-order valence-electron chi connectivity index (χ4n) is 2.38. The van der Waals surface area contributed by atoms with Crippen molar-refractivity contribution in [3.05, 3.63) is 12.4 Å². The molecule has 1 fully saturated rings. The average molecular weight is 208 g/mol. The zero-order chi connectivity index (χ0) is 10.5. The van der Waals surface area contributed by atoms with Crippen LogP contribution in [0.5, 0.6) is 0 Å². The Labute approximate surface area is 91.1 Å². The highest BCUT2D eigenvalue weighted by atomic mass is 15.4. The second-order valence-corrected chi connectivity index (χ2v) is 4.45.